The maximum atomic E-state index is 12.5. The van der Waals surface area contributed by atoms with Crippen LogP contribution in [0.3, 0.4) is 0 Å². The van der Waals surface area contributed by atoms with Gasteiger partial charge in [0.05, 0.1) is 0 Å². The fourth-order valence-electron chi connectivity index (χ4n) is 5.62. The number of rotatable bonds is 35. The van der Waals surface area contributed by atoms with E-state index >= 15 is 0 Å². The molecule has 1 atom stereocenters. The van der Waals surface area contributed by atoms with Crippen LogP contribution in [0.2, 0.25) is 0 Å². The summed E-state index contributed by atoms with van der Waals surface area (Å²) in [6, 6.07) is 0. The van der Waals surface area contributed by atoms with Gasteiger partial charge in [0.1, 0.15) is 13.2 Å². The molecule has 0 aliphatic heterocycles. The van der Waals surface area contributed by atoms with Crippen LogP contribution in [0.15, 0.2) is 0 Å². The summed E-state index contributed by atoms with van der Waals surface area (Å²) >= 11 is 0. The van der Waals surface area contributed by atoms with Crippen LogP contribution < -0.4 is 0 Å². The Hall–Kier alpha value is -1.59. The molecule has 0 heterocycles. The number of carbonyl (C=O) groups excluding carboxylic acids is 3. The quantitative estimate of drug-likeness (QED) is 0.0390. The van der Waals surface area contributed by atoms with Crippen molar-refractivity contribution in [3.05, 3.63) is 0 Å². The minimum absolute atomic E-state index is 0.0648. The first-order valence-corrected chi connectivity index (χ1v) is 19.5. The Kier molecular flexibility index (Phi) is 34.0. The Balaban J connectivity index is 4.25. The lowest BCUT2D eigenvalue weighted by molar-refractivity contribution is -0.167. The van der Waals surface area contributed by atoms with Crippen molar-refractivity contribution in [1.29, 1.82) is 0 Å². The number of carbonyl (C=O) groups is 3. The molecule has 45 heavy (non-hydrogen) atoms. The molecule has 0 saturated carbocycles. The predicted molar refractivity (Wildman–Crippen MR) is 187 cm³/mol. The van der Waals surface area contributed by atoms with Crippen LogP contribution in [0.4, 0.5) is 0 Å². The van der Waals surface area contributed by atoms with E-state index in [1.807, 2.05) is 0 Å². The maximum Gasteiger partial charge on any atom is 0.306 e. The highest BCUT2D eigenvalue weighted by Crippen LogP contribution is 2.14. The van der Waals surface area contributed by atoms with E-state index in [4.69, 9.17) is 14.2 Å². The van der Waals surface area contributed by atoms with Crippen molar-refractivity contribution in [3.63, 3.8) is 0 Å². The smallest absolute Gasteiger partial charge is 0.306 e. The molecule has 0 N–H and O–H groups in total. The second kappa shape index (κ2) is 35.3. The Labute approximate surface area is 278 Å². The zero-order valence-electron chi connectivity index (χ0n) is 30.2. The summed E-state index contributed by atoms with van der Waals surface area (Å²) in [7, 11) is 0. The Morgan fingerprint density at radius 3 is 0.889 bits per heavy atom. The predicted octanol–water partition coefficient (Wildman–Crippen LogP) is 11.7. The molecular weight excluding hydrogens is 564 g/mol. The van der Waals surface area contributed by atoms with Crippen molar-refractivity contribution < 1.29 is 28.6 Å². The van der Waals surface area contributed by atoms with Gasteiger partial charge in [0, 0.05) is 19.3 Å². The number of esters is 3. The van der Waals surface area contributed by atoms with Crippen molar-refractivity contribution in [2.24, 2.45) is 0 Å². The summed E-state index contributed by atoms with van der Waals surface area (Å²) in [5.41, 5.74) is 0. The molecule has 0 aliphatic carbocycles. The third kappa shape index (κ3) is 33.6. The van der Waals surface area contributed by atoms with E-state index < -0.39 is 6.10 Å². The van der Waals surface area contributed by atoms with Crippen molar-refractivity contribution in [3.8, 4) is 0 Å². The van der Waals surface area contributed by atoms with Crippen molar-refractivity contribution >= 4 is 17.9 Å². The fourth-order valence-corrected chi connectivity index (χ4v) is 5.62. The van der Waals surface area contributed by atoms with E-state index in [-0.39, 0.29) is 31.1 Å². The zero-order valence-corrected chi connectivity index (χ0v) is 30.2. The van der Waals surface area contributed by atoms with Gasteiger partial charge in [-0.25, -0.2) is 0 Å². The molecule has 0 spiro atoms. The molecule has 0 aromatic rings. The molecule has 266 valence electrons. The summed E-state index contributed by atoms with van der Waals surface area (Å²) in [6.07, 6.45) is 32.5. The van der Waals surface area contributed by atoms with E-state index in [1.54, 1.807) is 0 Å². The van der Waals surface area contributed by atoms with Gasteiger partial charge in [-0.3, -0.25) is 14.4 Å². The molecule has 0 aromatic carbocycles. The van der Waals surface area contributed by atoms with Crippen LogP contribution in [0, 0.1) is 0 Å². The SMILES string of the molecule is CCCCCCCCCCCCCCC(=O)OC[C@@H](COC(=O)CCCCCCC)OC(=O)CCCCCCCCCCCC. The summed E-state index contributed by atoms with van der Waals surface area (Å²) in [5.74, 6) is -0.877. The van der Waals surface area contributed by atoms with E-state index in [0.717, 1.165) is 64.2 Å². The highest BCUT2D eigenvalue weighted by atomic mass is 16.6. The monoisotopic (exact) mass is 639 g/mol. The van der Waals surface area contributed by atoms with Crippen LogP contribution in [0.1, 0.15) is 213 Å². The van der Waals surface area contributed by atoms with Crippen molar-refractivity contribution in [2.45, 2.75) is 219 Å². The van der Waals surface area contributed by atoms with Gasteiger partial charge in [0.2, 0.25) is 0 Å². The molecule has 0 aromatic heterocycles. The summed E-state index contributed by atoms with van der Waals surface area (Å²) in [6.45, 7) is 6.53. The number of unbranched alkanes of at least 4 members (excludes halogenated alkanes) is 24. The summed E-state index contributed by atoms with van der Waals surface area (Å²) in [5, 5.41) is 0. The van der Waals surface area contributed by atoms with E-state index in [2.05, 4.69) is 20.8 Å². The van der Waals surface area contributed by atoms with Crippen LogP contribution in [0.25, 0.3) is 0 Å². The van der Waals surface area contributed by atoms with Crippen molar-refractivity contribution in [1.82, 2.24) is 0 Å². The Morgan fingerprint density at radius 2 is 0.600 bits per heavy atom. The first-order chi connectivity index (χ1) is 22.0. The number of hydrogen-bond acceptors (Lipinski definition) is 6. The van der Waals surface area contributed by atoms with Crippen LogP contribution in [-0.2, 0) is 28.6 Å². The summed E-state index contributed by atoms with van der Waals surface area (Å²) in [4.78, 5) is 37.2. The third-order valence-corrected chi connectivity index (χ3v) is 8.61. The molecule has 6 nitrogen and oxygen atoms in total. The average molecular weight is 639 g/mol. The van der Waals surface area contributed by atoms with Gasteiger partial charge in [0.25, 0.3) is 0 Å². The largest absolute Gasteiger partial charge is 0.462 e. The molecule has 0 saturated heterocycles. The number of hydrogen-bond donors (Lipinski definition) is 0. The van der Waals surface area contributed by atoms with Crippen LogP contribution >= 0.6 is 0 Å². The average Bonchev–Trinajstić information content (AvgIpc) is 3.03. The maximum absolute atomic E-state index is 12.5. The normalized spacial score (nSPS) is 11.8. The van der Waals surface area contributed by atoms with Crippen LogP contribution in [-0.4, -0.2) is 37.2 Å². The van der Waals surface area contributed by atoms with Gasteiger partial charge in [-0.15, -0.1) is 0 Å². The molecule has 0 aliphatic rings. The number of ether oxygens (including phenoxy) is 3. The lowest BCUT2D eigenvalue weighted by Gasteiger charge is -2.18. The minimum Gasteiger partial charge on any atom is -0.462 e. The minimum atomic E-state index is -0.754. The summed E-state index contributed by atoms with van der Waals surface area (Å²) < 4.78 is 16.5. The fraction of sp³-hybridized carbons (Fsp3) is 0.923. The third-order valence-electron chi connectivity index (χ3n) is 8.61. The molecule has 6 heteroatoms. The van der Waals surface area contributed by atoms with E-state index in [9.17, 15) is 14.4 Å². The van der Waals surface area contributed by atoms with Gasteiger partial charge in [-0.1, -0.05) is 175 Å². The Bertz CT molecular complexity index is 664. The lowest BCUT2D eigenvalue weighted by Crippen LogP contribution is -2.30. The van der Waals surface area contributed by atoms with E-state index in [0.29, 0.717) is 19.3 Å². The van der Waals surface area contributed by atoms with Crippen LogP contribution in [0.5, 0.6) is 0 Å². The standard InChI is InChI=1S/C39H74O6/c1-4-7-10-13-15-17-19-20-22-23-26-29-32-38(41)44-35-36(34-43-37(40)31-28-25-12-9-6-3)45-39(42)33-30-27-24-21-18-16-14-11-8-5-2/h36H,4-35H2,1-3H3/t36-/m1/s1. The first kappa shape index (κ1) is 43.4. The molecule has 0 unspecified atom stereocenters. The molecule has 0 rings (SSSR count). The zero-order chi connectivity index (χ0) is 33.1. The molecule has 0 bridgehead atoms. The highest BCUT2D eigenvalue weighted by molar-refractivity contribution is 5.71. The van der Waals surface area contributed by atoms with Gasteiger partial charge in [0.15, 0.2) is 6.10 Å². The van der Waals surface area contributed by atoms with Crippen molar-refractivity contribution in [2.75, 3.05) is 13.2 Å². The molecule has 0 radical (unpaired) electrons. The van der Waals surface area contributed by atoms with Gasteiger partial charge >= 0.3 is 17.9 Å². The highest BCUT2D eigenvalue weighted by Gasteiger charge is 2.19. The van der Waals surface area contributed by atoms with Gasteiger partial charge in [-0.05, 0) is 19.3 Å². The van der Waals surface area contributed by atoms with E-state index in [1.165, 1.54) is 109 Å². The topological polar surface area (TPSA) is 78.9 Å². The molecular formula is C39H74O6. The van der Waals surface area contributed by atoms with Gasteiger partial charge < -0.3 is 14.2 Å². The Morgan fingerprint density at radius 1 is 0.356 bits per heavy atom. The lowest BCUT2D eigenvalue weighted by atomic mass is 10.0. The molecule has 0 fully saturated rings. The first-order valence-electron chi connectivity index (χ1n) is 19.5. The molecule has 0 amide bonds. The second-order valence-electron chi connectivity index (χ2n) is 13.2. The van der Waals surface area contributed by atoms with Gasteiger partial charge in [-0.2, -0.15) is 0 Å². The second-order valence-corrected chi connectivity index (χ2v) is 13.2.